The molecule has 0 N–H and O–H groups in total. The number of hydrogen-bond acceptors (Lipinski definition) is 4. The number of likely N-dealkylation sites (tertiary alicyclic amines) is 2. The van der Waals surface area contributed by atoms with Crippen molar-refractivity contribution in [2.24, 2.45) is 5.92 Å². The van der Waals surface area contributed by atoms with Gasteiger partial charge in [0.25, 0.3) is 5.91 Å². The molecule has 2 aliphatic rings. The van der Waals surface area contributed by atoms with Crippen LogP contribution in [0.15, 0.2) is 15.3 Å². The fraction of sp³-hybridized carbons (Fsp3) is 0.682. The van der Waals surface area contributed by atoms with Gasteiger partial charge in [0.05, 0.1) is 0 Å². The second-order valence-corrected chi connectivity index (χ2v) is 8.28. The summed E-state index contributed by atoms with van der Waals surface area (Å²) in [5, 5.41) is 0. The third-order valence-corrected chi connectivity index (χ3v) is 6.14. The summed E-state index contributed by atoms with van der Waals surface area (Å²) in [4.78, 5) is 41.7. The maximum atomic E-state index is 13.0. The zero-order valence-electron chi connectivity index (χ0n) is 17.3. The zero-order chi connectivity index (χ0) is 20.3. The minimum atomic E-state index is -0.543. The lowest BCUT2D eigenvalue weighted by molar-refractivity contribution is -0.135. The Morgan fingerprint density at radius 2 is 1.79 bits per heavy atom. The molecule has 2 fully saturated rings. The van der Waals surface area contributed by atoms with Gasteiger partial charge in [-0.1, -0.05) is 20.3 Å². The van der Waals surface area contributed by atoms with Crippen LogP contribution in [0.25, 0.3) is 0 Å². The van der Waals surface area contributed by atoms with Crippen LogP contribution in [0.2, 0.25) is 0 Å². The van der Waals surface area contributed by atoms with E-state index in [-0.39, 0.29) is 29.2 Å². The van der Waals surface area contributed by atoms with Crippen molar-refractivity contribution in [3.8, 4) is 0 Å². The molecule has 1 unspecified atom stereocenters. The number of piperidine rings is 1. The first-order valence-corrected chi connectivity index (χ1v) is 10.6. The van der Waals surface area contributed by atoms with E-state index in [1.807, 2.05) is 17.9 Å². The first kappa shape index (κ1) is 20.6. The monoisotopic (exact) mass is 388 g/mol. The molecule has 2 aliphatic heterocycles. The summed E-state index contributed by atoms with van der Waals surface area (Å²) >= 11 is 0. The Labute approximate surface area is 166 Å². The highest BCUT2D eigenvalue weighted by atomic mass is 16.4. The molecule has 154 valence electrons. The van der Waals surface area contributed by atoms with Gasteiger partial charge in [0, 0.05) is 38.0 Å². The lowest BCUT2D eigenvalue weighted by atomic mass is 9.94. The highest BCUT2D eigenvalue weighted by molar-refractivity contribution is 5.95. The Morgan fingerprint density at radius 3 is 2.36 bits per heavy atom. The molecule has 0 aliphatic carbocycles. The first-order chi connectivity index (χ1) is 13.4. The molecule has 1 aromatic heterocycles. The maximum Gasteiger partial charge on any atom is 0.349 e. The van der Waals surface area contributed by atoms with Crippen LogP contribution in [-0.4, -0.2) is 47.8 Å². The normalized spacial score (nSPS) is 19.1. The molecule has 6 nitrogen and oxygen atoms in total. The highest BCUT2D eigenvalue weighted by Crippen LogP contribution is 2.25. The summed E-state index contributed by atoms with van der Waals surface area (Å²) < 4.78 is 5.48. The van der Waals surface area contributed by atoms with E-state index in [2.05, 4.69) is 6.92 Å². The van der Waals surface area contributed by atoms with Crippen LogP contribution < -0.4 is 5.63 Å². The van der Waals surface area contributed by atoms with Crippen LogP contribution >= 0.6 is 0 Å². The number of rotatable bonds is 5. The summed E-state index contributed by atoms with van der Waals surface area (Å²) in [6, 6.07) is 1.83. The summed E-state index contributed by atoms with van der Waals surface area (Å²) in [5.74, 6) is 0.767. The second kappa shape index (κ2) is 8.93. The standard InChI is InChI=1S/C22H32N2O4/c1-4-7-15(2)18-14-16(3)19(22(27)28-18)21(26)24-12-8-17(9-13-24)20(25)23-10-5-6-11-23/h14-15,17H,4-13H2,1-3H3. The van der Waals surface area contributed by atoms with E-state index in [0.717, 1.165) is 38.8 Å². The molecule has 1 aromatic rings. The molecule has 3 rings (SSSR count). The van der Waals surface area contributed by atoms with E-state index >= 15 is 0 Å². The smallest absolute Gasteiger partial charge is 0.349 e. The Bertz CT molecular complexity index is 771. The second-order valence-electron chi connectivity index (χ2n) is 8.28. The number of amides is 2. The number of nitrogens with zero attached hydrogens (tertiary/aromatic N) is 2. The van der Waals surface area contributed by atoms with Crippen molar-refractivity contribution in [3.05, 3.63) is 33.4 Å². The topological polar surface area (TPSA) is 70.8 Å². The van der Waals surface area contributed by atoms with Crippen LogP contribution in [-0.2, 0) is 4.79 Å². The predicted molar refractivity (Wildman–Crippen MR) is 107 cm³/mol. The van der Waals surface area contributed by atoms with Crippen molar-refractivity contribution >= 4 is 11.8 Å². The Morgan fingerprint density at radius 1 is 1.14 bits per heavy atom. The van der Waals surface area contributed by atoms with E-state index in [1.54, 1.807) is 11.8 Å². The molecule has 0 radical (unpaired) electrons. The van der Waals surface area contributed by atoms with Gasteiger partial charge in [-0.15, -0.1) is 0 Å². The summed E-state index contributed by atoms with van der Waals surface area (Å²) in [7, 11) is 0. The van der Waals surface area contributed by atoms with Crippen LogP contribution in [0.4, 0.5) is 0 Å². The van der Waals surface area contributed by atoms with E-state index in [9.17, 15) is 14.4 Å². The third kappa shape index (κ3) is 4.31. The molecular weight excluding hydrogens is 356 g/mol. The fourth-order valence-electron chi connectivity index (χ4n) is 4.39. The first-order valence-electron chi connectivity index (χ1n) is 10.6. The molecule has 1 atom stereocenters. The molecular formula is C22H32N2O4. The largest absolute Gasteiger partial charge is 0.427 e. The average Bonchev–Trinajstić information content (AvgIpc) is 3.22. The van der Waals surface area contributed by atoms with Gasteiger partial charge < -0.3 is 14.2 Å². The minimum absolute atomic E-state index is 0.00285. The van der Waals surface area contributed by atoms with Gasteiger partial charge in [0.15, 0.2) is 0 Å². The Kier molecular flexibility index (Phi) is 6.57. The number of aryl methyl sites for hydroxylation is 1. The molecule has 0 saturated carbocycles. The van der Waals surface area contributed by atoms with Crippen molar-refractivity contribution in [2.45, 2.75) is 65.2 Å². The van der Waals surface area contributed by atoms with Gasteiger partial charge in [0.2, 0.25) is 5.91 Å². The maximum absolute atomic E-state index is 13.0. The molecule has 6 heteroatoms. The van der Waals surface area contributed by atoms with Crippen molar-refractivity contribution in [1.29, 1.82) is 0 Å². The highest BCUT2D eigenvalue weighted by Gasteiger charge is 2.32. The Balaban J connectivity index is 1.66. The fourth-order valence-corrected chi connectivity index (χ4v) is 4.39. The van der Waals surface area contributed by atoms with Gasteiger partial charge >= 0.3 is 5.63 Å². The van der Waals surface area contributed by atoms with Crippen molar-refractivity contribution < 1.29 is 14.0 Å². The SMILES string of the molecule is CCCC(C)c1cc(C)c(C(=O)N2CCC(C(=O)N3CCCC3)CC2)c(=O)o1. The molecule has 0 spiro atoms. The Hall–Kier alpha value is -2.11. The van der Waals surface area contributed by atoms with Gasteiger partial charge in [-0.25, -0.2) is 4.79 Å². The molecule has 0 bridgehead atoms. The van der Waals surface area contributed by atoms with Crippen molar-refractivity contribution in [1.82, 2.24) is 9.80 Å². The van der Waals surface area contributed by atoms with Crippen molar-refractivity contribution in [2.75, 3.05) is 26.2 Å². The summed E-state index contributed by atoms with van der Waals surface area (Å²) in [5.41, 5.74) is 0.268. The number of carbonyl (C=O) groups is 2. The molecule has 2 saturated heterocycles. The quantitative estimate of drug-likeness (QED) is 0.776. The van der Waals surface area contributed by atoms with Crippen LogP contribution in [0.5, 0.6) is 0 Å². The molecule has 28 heavy (non-hydrogen) atoms. The molecule has 0 aromatic carbocycles. The minimum Gasteiger partial charge on any atom is -0.427 e. The lowest BCUT2D eigenvalue weighted by Crippen LogP contribution is -2.44. The van der Waals surface area contributed by atoms with Crippen molar-refractivity contribution in [3.63, 3.8) is 0 Å². The van der Waals surface area contributed by atoms with E-state index in [0.29, 0.717) is 37.3 Å². The summed E-state index contributed by atoms with van der Waals surface area (Å²) in [6.45, 7) is 8.67. The number of hydrogen-bond donors (Lipinski definition) is 0. The van der Waals surface area contributed by atoms with Gasteiger partial charge in [-0.3, -0.25) is 9.59 Å². The van der Waals surface area contributed by atoms with Gasteiger partial charge in [0.1, 0.15) is 11.3 Å². The lowest BCUT2D eigenvalue weighted by Gasteiger charge is -2.33. The van der Waals surface area contributed by atoms with E-state index in [4.69, 9.17) is 4.42 Å². The third-order valence-electron chi connectivity index (χ3n) is 6.14. The predicted octanol–water partition coefficient (Wildman–Crippen LogP) is 3.33. The summed E-state index contributed by atoms with van der Waals surface area (Å²) in [6.07, 6.45) is 5.45. The van der Waals surface area contributed by atoms with Crippen LogP contribution in [0, 0.1) is 12.8 Å². The molecule has 2 amide bonds. The number of carbonyl (C=O) groups excluding carboxylic acids is 2. The average molecular weight is 389 g/mol. The van der Waals surface area contributed by atoms with E-state index < -0.39 is 5.63 Å². The zero-order valence-corrected chi connectivity index (χ0v) is 17.3. The van der Waals surface area contributed by atoms with Crippen LogP contribution in [0.3, 0.4) is 0 Å². The van der Waals surface area contributed by atoms with E-state index in [1.165, 1.54) is 0 Å². The van der Waals surface area contributed by atoms with Gasteiger partial charge in [-0.2, -0.15) is 0 Å². The van der Waals surface area contributed by atoms with Crippen LogP contribution in [0.1, 0.15) is 80.0 Å². The van der Waals surface area contributed by atoms with Gasteiger partial charge in [-0.05, 0) is 50.7 Å². The molecule has 3 heterocycles.